The minimum Gasteiger partial charge on any atom is -0.497 e. The zero-order valence-electron chi connectivity index (χ0n) is 14.2. The highest BCUT2D eigenvalue weighted by Gasteiger charge is 2.35. The van der Waals surface area contributed by atoms with E-state index in [-0.39, 0.29) is 24.2 Å². The number of ether oxygens (including phenoxy) is 1. The lowest BCUT2D eigenvalue weighted by Crippen LogP contribution is -2.28. The van der Waals surface area contributed by atoms with Gasteiger partial charge in [0.25, 0.3) is 0 Å². The van der Waals surface area contributed by atoms with Crippen molar-refractivity contribution in [1.29, 1.82) is 0 Å². The molecule has 1 N–H and O–H groups in total. The van der Waals surface area contributed by atoms with Gasteiger partial charge >= 0.3 is 0 Å². The van der Waals surface area contributed by atoms with E-state index >= 15 is 0 Å². The number of rotatable bonds is 5. The molecular formula is C19H20N2O3S. The average Bonchev–Trinajstić information content (AvgIpc) is 3.04. The summed E-state index contributed by atoms with van der Waals surface area (Å²) >= 11 is 1.65. The van der Waals surface area contributed by atoms with Crippen LogP contribution in [0.15, 0.2) is 53.4 Å². The molecule has 1 heterocycles. The van der Waals surface area contributed by atoms with E-state index in [0.717, 1.165) is 16.3 Å². The molecule has 5 nitrogen and oxygen atoms in total. The van der Waals surface area contributed by atoms with E-state index in [9.17, 15) is 9.59 Å². The Morgan fingerprint density at radius 3 is 2.44 bits per heavy atom. The van der Waals surface area contributed by atoms with Crippen molar-refractivity contribution in [2.24, 2.45) is 5.92 Å². The Labute approximate surface area is 151 Å². The quantitative estimate of drug-likeness (QED) is 0.834. The van der Waals surface area contributed by atoms with Crippen molar-refractivity contribution >= 4 is 35.0 Å². The van der Waals surface area contributed by atoms with E-state index in [0.29, 0.717) is 12.2 Å². The molecule has 0 aromatic heterocycles. The molecule has 2 aromatic rings. The summed E-state index contributed by atoms with van der Waals surface area (Å²) in [6.07, 6.45) is 2.24. The summed E-state index contributed by atoms with van der Waals surface area (Å²) in [5.74, 6) is 0.220. The highest BCUT2D eigenvalue weighted by atomic mass is 32.2. The van der Waals surface area contributed by atoms with E-state index in [2.05, 4.69) is 5.32 Å². The van der Waals surface area contributed by atoms with Crippen LogP contribution >= 0.6 is 11.8 Å². The monoisotopic (exact) mass is 356 g/mol. The number of thioether (sulfide) groups is 1. The number of anilines is 2. The molecule has 1 saturated heterocycles. The highest BCUT2D eigenvalue weighted by Crippen LogP contribution is 2.28. The topological polar surface area (TPSA) is 58.6 Å². The van der Waals surface area contributed by atoms with Crippen LogP contribution in [0.4, 0.5) is 11.4 Å². The number of amides is 2. The van der Waals surface area contributed by atoms with Crippen LogP contribution in [-0.4, -0.2) is 31.7 Å². The molecule has 1 atom stereocenters. The lowest BCUT2D eigenvalue weighted by molar-refractivity contribution is -0.122. The molecular weight excluding hydrogens is 336 g/mol. The molecule has 0 spiro atoms. The third kappa shape index (κ3) is 3.96. The lowest BCUT2D eigenvalue weighted by atomic mass is 10.1. The van der Waals surface area contributed by atoms with Gasteiger partial charge in [-0.2, -0.15) is 0 Å². The van der Waals surface area contributed by atoms with Crippen molar-refractivity contribution in [1.82, 2.24) is 0 Å². The zero-order valence-corrected chi connectivity index (χ0v) is 15.0. The highest BCUT2D eigenvalue weighted by molar-refractivity contribution is 7.98. The summed E-state index contributed by atoms with van der Waals surface area (Å²) in [5.41, 5.74) is 1.53. The molecule has 130 valence electrons. The predicted octanol–water partition coefficient (Wildman–Crippen LogP) is 3.41. The molecule has 2 amide bonds. The predicted molar refractivity (Wildman–Crippen MR) is 100 cm³/mol. The fourth-order valence-corrected chi connectivity index (χ4v) is 3.22. The number of carbonyl (C=O) groups is 2. The molecule has 0 radical (unpaired) electrons. The average molecular weight is 356 g/mol. The van der Waals surface area contributed by atoms with Gasteiger partial charge in [0.2, 0.25) is 11.8 Å². The van der Waals surface area contributed by atoms with Crippen LogP contribution in [0.5, 0.6) is 5.75 Å². The number of nitrogens with one attached hydrogen (secondary N) is 1. The Balaban J connectivity index is 1.65. The van der Waals surface area contributed by atoms with E-state index in [1.165, 1.54) is 0 Å². The van der Waals surface area contributed by atoms with Crippen LogP contribution in [0, 0.1) is 5.92 Å². The molecule has 0 saturated carbocycles. The van der Waals surface area contributed by atoms with Gasteiger partial charge in [-0.1, -0.05) is 0 Å². The molecule has 0 bridgehead atoms. The number of hydrogen-bond donors (Lipinski definition) is 1. The van der Waals surface area contributed by atoms with Crippen molar-refractivity contribution in [2.45, 2.75) is 11.3 Å². The molecule has 25 heavy (non-hydrogen) atoms. The largest absolute Gasteiger partial charge is 0.497 e. The van der Waals surface area contributed by atoms with Crippen molar-refractivity contribution in [3.05, 3.63) is 48.5 Å². The number of benzene rings is 2. The Morgan fingerprint density at radius 2 is 1.84 bits per heavy atom. The second kappa shape index (κ2) is 7.61. The van der Waals surface area contributed by atoms with Crippen molar-refractivity contribution < 1.29 is 14.3 Å². The Bertz CT molecular complexity index is 759. The van der Waals surface area contributed by atoms with Crippen LogP contribution in [0.2, 0.25) is 0 Å². The third-order valence-corrected chi connectivity index (χ3v) is 4.98. The van der Waals surface area contributed by atoms with Gasteiger partial charge in [-0.25, -0.2) is 0 Å². The lowest BCUT2D eigenvalue weighted by Gasteiger charge is -2.17. The Morgan fingerprint density at radius 1 is 1.16 bits per heavy atom. The van der Waals surface area contributed by atoms with E-state index < -0.39 is 0 Å². The van der Waals surface area contributed by atoms with Crippen LogP contribution in [0.25, 0.3) is 0 Å². The van der Waals surface area contributed by atoms with Crippen molar-refractivity contribution in [3.63, 3.8) is 0 Å². The number of methoxy groups -OCH3 is 1. The Hall–Kier alpha value is -2.47. The molecule has 3 rings (SSSR count). The summed E-state index contributed by atoms with van der Waals surface area (Å²) in [7, 11) is 1.60. The normalized spacial score (nSPS) is 16.8. The number of hydrogen-bond acceptors (Lipinski definition) is 4. The maximum Gasteiger partial charge on any atom is 0.229 e. The number of nitrogens with zero attached hydrogens (tertiary/aromatic N) is 1. The minimum atomic E-state index is -0.352. The molecule has 1 aliphatic rings. The van der Waals surface area contributed by atoms with Crippen molar-refractivity contribution in [3.8, 4) is 5.75 Å². The molecule has 1 aliphatic heterocycles. The smallest absolute Gasteiger partial charge is 0.229 e. The van der Waals surface area contributed by atoms with Crippen LogP contribution in [0.1, 0.15) is 6.42 Å². The van der Waals surface area contributed by atoms with Gasteiger partial charge in [-0.3, -0.25) is 9.59 Å². The standard InChI is InChI=1S/C19H20N2O3S/c1-24-16-7-3-14(4-8-16)20-19(23)13-11-18(22)21(12-13)15-5-9-17(25-2)10-6-15/h3-10,13H,11-12H2,1-2H3,(H,20,23). The maximum absolute atomic E-state index is 12.5. The van der Waals surface area contributed by atoms with Gasteiger partial charge in [0.1, 0.15) is 5.75 Å². The first-order chi connectivity index (χ1) is 12.1. The van der Waals surface area contributed by atoms with Gasteiger partial charge in [-0.15, -0.1) is 11.8 Å². The minimum absolute atomic E-state index is 0.0215. The molecule has 2 aromatic carbocycles. The second-order valence-corrected chi connectivity index (χ2v) is 6.70. The summed E-state index contributed by atoms with van der Waals surface area (Å²) < 4.78 is 5.10. The molecule has 1 unspecified atom stereocenters. The summed E-state index contributed by atoms with van der Waals surface area (Å²) in [4.78, 5) is 27.6. The summed E-state index contributed by atoms with van der Waals surface area (Å²) in [5, 5.41) is 2.87. The number of carbonyl (C=O) groups excluding carboxylic acids is 2. The fourth-order valence-electron chi connectivity index (χ4n) is 2.81. The molecule has 0 aliphatic carbocycles. The first-order valence-electron chi connectivity index (χ1n) is 8.00. The van der Waals surface area contributed by atoms with E-state index in [4.69, 9.17) is 4.74 Å². The van der Waals surface area contributed by atoms with Gasteiger partial charge in [0.15, 0.2) is 0 Å². The van der Waals surface area contributed by atoms with Gasteiger partial charge < -0.3 is 15.0 Å². The fraction of sp³-hybridized carbons (Fsp3) is 0.263. The maximum atomic E-state index is 12.5. The van der Waals surface area contributed by atoms with E-state index in [1.807, 2.05) is 30.5 Å². The summed E-state index contributed by atoms with van der Waals surface area (Å²) in [6, 6.07) is 15.0. The van der Waals surface area contributed by atoms with Gasteiger partial charge in [0, 0.05) is 29.2 Å². The summed E-state index contributed by atoms with van der Waals surface area (Å²) in [6.45, 7) is 0.402. The molecule has 6 heteroatoms. The van der Waals surface area contributed by atoms with Crippen LogP contribution in [0.3, 0.4) is 0 Å². The third-order valence-electron chi connectivity index (χ3n) is 4.24. The van der Waals surface area contributed by atoms with Crippen molar-refractivity contribution in [2.75, 3.05) is 30.1 Å². The first kappa shape index (κ1) is 17.4. The first-order valence-corrected chi connectivity index (χ1v) is 9.22. The van der Waals surface area contributed by atoms with Crippen LogP contribution in [-0.2, 0) is 9.59 Å². The SMILES string of the molecule is COc1ccc(NC(=O)C2CC(=O)N(c3ccc(SC)cc3)C2)cc1. The van der Waals surface area contributed by atoms with Crippen LogP contribution < -0.4 is 15.0 Å². The van der Waals surface area contributed by atoms with E-state index in [1.54, 1.807) is 48.0 Å². The second-order valence-electron chi connectivity index (χ2n) is 5.82. The Kier molecular flexibility index (Phi) is 5.28. The van der Waals surface area contributed by atoms with Gasteiger partial charge in [0.05, 0.1) is 13.0 Å². The van der Waals surface area contributed by atoms with Gasteiger partial charge in [-0.05, 0) is 54.8 Å². The zero-order chi connectivity index (χ0) is 17.8. The molecule has 1 fully saturated rings.